The molecule has 0 aromatic carbocycles. The average molecular weight is 554 g/mol. The van der Waals surface area contributed by atoms with Crippen molar-refractivity contribution in [2.45, 2.75) is 155 Å². The minimum absolute atomic E-state index is 0. The first-order chi connectivity index (χ1) is 16.9. The third-order valence-corrected chi connectivity index (χ3v) is 10.9. The van der Waals surface area contributed by atoms with Gasteiger partial charge in [0.05, 0.1) is 13.2 Å². The fourth-order valence-corrected chi connectivity index (χ4v) is 7.64. The third-order valence-electron chi connectivity index (χ3n) is 7.31. The standard InChI is InChI=1S/C29H61ClO4Si.H3N/c1-6-9-10-11-12-13-14-15-16-17-18-19-20-21-23-28(4)29(5,30)24-22-27-35(32-7-2,33-8-3)34-26-25-31;/h28,31H,6-27H2,1-5H3;1H3. The Labute approximate surface area is 231 Å². The van der Waals surface area contributed by atoms with Gasteiger partial charge in [0.2, 0.25) is 0 Å². The summed E-state index contributed by atoms with van der Waals surface area (Å²) in [6.07, 6.45) is 22.6. The monoisotopic (exact) mass is 553 g/mol. The zero-order valence-corrected chi connectivity index (χ0v) is 26.6. The van der Waals surface area contributed by atoms with Gasteiger partial charge < -0.3 is 24.5 Å². The van der Waals surface area contributed by atoms with Crippen molar-refractivity contribution in [1.29, 1.82) is 0 Å². The average Bonchev–Trinajstić information content (AvgIpc) is 2.83. The van der Waals surface area contributed by atoms with E-state index in [9.17, 15) is 5.11 Å². The van der Waals surface area contributed by atoms with Gasteiger partial charge in [-0.15, -0.1) is 11.6 Å². The van der Waals surface area contributed by atoms with Gasteiger partial charge in [-0.05, 0) is 46.0 Å². The van der Waals surface area contributed by atoms with Crippen molar-refractivity contribution in [3.63, 3.8) is 0 Å². The quantitative estimate of drug-likeness (QED) is 0.0601. The Kier molecular flexibility index (Phi) is 27.3. The lowest BCUT2D eigenvalue weighted by atomic mass is 9.86. The number of halogens is 1. The van der Waals surface area contributed by atoms with Gasteiger partial charge in [-0.2, -0.15) is 0 Å². The SMILES string of the molecule is CCCCCCCCCCCCCCCCC(C)C(C)(Cl)CCC[Si](OCC)(OCC)OCCO.N. The Morgan fingerprint density at radius 2 is 1.17 bits per heavy atom. The van der Waals surface area contributed by atoms with Gasteiger partial charge in [-0.1, -0.05) is 104 Å². The molecule has 0 aromatic heterocycles. The van der Waals surface area contributed by atoms with E-state index in [1.54, 1.807) is 0 Å². The number of hydrogen-bond donors (Lipinski definition) is 2. The lowest BCUT2D eigenvalue weighted by Gasteiger charge is -2.32. The molecule has 0 aliphatic rings. The minimum Gasteiger partial charge on any atom is -0.394 e. The first-order valence-electron chi connectivity index (χ1n) is 15.1. The van der Waals surface area contributed by atoms with Crippen LogP contribution in [0.3, 0.4) is 0 Å². The molecule has 0 aliphatic carbocycles. The van der Waals surface area contributed by atoms with E-state index in [-0.39, 0.29) is 24.2 Å². The molecule has 0 aliphatic heterocycles. The molecule has 220 valence electrons. The number of rotatable bonds is 27. The van der Waals surface area contributed by atoms with E-state index >= 15 is 0 Å². The maximum atomic E-state index is 9.18. The van der Waals surface area contributed by atoms with E-state index in [0.29, 0.717) is 19.1 Å². The van der Waals surface area contributed by atoms with Crippen molar-refractivity contribution in [1.82, 2.24) is 6.15 Å². The summed E-state index contributed by atoms with van der Waals surface area (Å²) in [7, 11) is -2.73. The Morgan fingerprint density at radius 3 is 1.58 bits per heavy atom. The summed E-state index contributed by atoms with van der Waals surface area (Å²) >= 11 is 6.99. The van der Waals surface area contributed by atoms with Gasteiger partial charge in [-0.3, -0.25) is 0 Å². The highest BCUT2D eigenvalue weighted by atomic mass is 35.5. The van der Waals surface area contributed by atoms with Crippen molar-refractivity contribution in [2.24, 2.45) is 5.92 Å². The van der Waals surface area contributed by atoms with Gasteiger partial charge in [-0.25, -0.2) is 0 Å². The smallest absolute Gasteiger partial charge is 0.394 e. The van der Waals surface area contributed by atoms with Gasteiger partial charge in [0.1, 0.15) is 0 Å². The fraction of sp³-hybridized carbons (Fsp3) is 1.00. The first-order valence-corrected chi connectivity index (χ1v) is 17.4. The second-order valence-corrected chi connectivity index (χ2v) is 14.1. The molecule has 7 heteroatoms. The molecule has 4 N–H and O–H groups in total. The van der Waals surface area contributed by atoms with E-state index < -0.39 is 8.80 Å². The molecule has 0 rings (SSSR count). The predicted octanol–water partition coefficient (Wildman–Crippen LogP) is 9.45. The van der Waals surface area contributed by atoms with E-state index in [2.05, 4.69) is 20.8 Å². The van der Waals surface area contributed by atoms with Crippen molar-refractivity contribution in [3.8, 4) is 0 Å². The summed E-state index contributed by atoms with van der Waals surface area (Å²) < 4.78 is 17.8. The Hall–Kier alpha value is 0.307. The zero-order chi connectivity index (χ0) is 26.3. The zero-order valence-electron chi connectivity index (χ0n) is 24.9. The van der Waals surface area contributed by atoms with E-state index in [0.717, 1.165) is 18.9 Å². The number of alkyl halides is 1. The molecule has 2 unspecified atom stereocenters. The van der Waals surface area contributed by atoms with Gasteiger partial charge in [0.25, 0.3) is 0 Å². The molecule has 0 spiro atoms. The van der Waals surface area contributed by atoms with Crippen LogP contribution in [-0.2, 0) is 13.3 Å². The van der Waals surface area contributed by atoms with Crippen LogP contribution in [0, 0.1) is 5.92 Å². The topological polar surface area (TPSA) is 82.9 Å². The van der Waals surface area contributed by atoms with Crippen LogP contribution in [-0.4, -0.2) is 45.2 Å². The summed E-state index contributed by atoms with van der Waals surface area (Å²) in [4.78, 5) is -0.216. The van der Waals surface area contributed by atoms with Crippen LogP contribution in [0.5, 0.6) is 0 Å². The van der Waals surface area contributed by atoms with Crippen molar-refractivity contribution < 1.29 is 18.4 Å². The molecule has 0 saturated heterocycles. The second-order valence-electron chi connectivity index (χ2n) is 10.5. The molecule has 0 saturated carbocycles. The lowest BCUT2D eigenvalue weighted by Crippen LogP contribution is -2.46. The lowest BCUT2D eigenvalue weighted by molar-refractivity contribution is 0.0526. The molecule has 36 heavy (non-hydrogen) atoms. The van der Waals surface area contributed by atoms with Crippen LogP contribution in [0.4, 0.5) is 0 Å². The number of unbranched alkanes of at least 4 members (excludes halogenated alkanes) is 13. The van der Waals surface area contributed by atoms with Crippen LogP contribution in [0.2, 0.25) is 6.04 Å². The molecular formula is C29H64ClNO4Si. The number of aliphatic hydroxyl groups is 1. The normalized spacial score (nSPS) is 14.4. The molecule has 0 aromatic rings. The fourth-order valence-electron chi connectivity index (χ4n) is 4.83. The first kappa shape index (κ1) is 38.5. The number of hydrogen-bond acceptors (Lipinski definition) is 5. The highest BCUT2D eigenvalue weighted by Crippen LogP contribution is 2.35. The Bertz CT molecular complexity index is 451. The van der Waals surface area contributed by atoms with Crippen molar-refractivity contribution >= 4 is 20.4 Å². The van der Waals surface area contributed by atoms with Gasteiger partial charge >= 0.3 is 8.80 Å². The maximum Gasteiger partial charge on any atom is 0.501 e. The summed E-state index contributed by atoms with van der Waals surface area (Å²) in [6, 6.07) is 0.753. The maximum absolute atomic E-state index is 9.18. The Balaban J connectivity index is 0. The van der Waals surface area contributed by atoms with Crippen LogP contribution in [0.1, 0.15) is 144 Å². The summed E-state index contributed by atoms with van der Waals surface area (Å²) in [6.45, 7) is 12.1. The number of aliphatic hydroxyl groups excluding tert-OH is 1. The highest BCUT2D eigenvalue weighted by Gasteiger charge is 2.41. The molecule has 0 radical (unpaired) electrons. The van der Waals surface area contributed by atoms with Crippen LogP contribution in [0.25, 0.3) is 0 Å². The molecule has 0 heterocycles. The van der Waals surface area contributed by atoms with Gasteiger partial charge in [0.15, 0.2) is 0 Å². The second kappa shape index (κ2) is 25.6. The van der Waals surface area contributed by atoms with E-state index in [1.165, 1.54) is 96.3 Å². The summed E-state index contributed by atoms with van der Waals surface area (Å²) in [5, 5.41) is 9.18. The van der Waals surface area contributed by atoms with Crippen molar-refractivity contribution in [3.05, 3.63) is 0 Å². The van der Waals surface area contributed by atoms with Crippen molar-refractivity contribution in [2.75, 3.05) is 26.4 Å². The molecule has 5 nitrogen and oxygen atoms in total. The minimum atomic E-state index is -2.73. The Morgan fingerprint density at radius 1 is 0.722 bits per heavy atom. The molecule has 2 atom stereocenters. The predicted molar refractivity (Wildman–Crippen MR) is 159 cm³/mol. The van der Waals surface area contributed by atoms with Crippen LogP contribution >= 0.6 is 11.6 Å². The largest absolute Gasteiger partial charge is 0.501 e. The molecular weight excluding hydrogens is 490 g/mol. The highest BCUT2D eigenvalue weighted by molar-refractivity contribution is 6.60. The molecule has 0 fully saturated rings. The van der Waals surface area contributed by atoms with E-state index in [4.69, 9.17) is 24.9 Å². The van der Waals surface area contributed by atoms with Crippen LogP contribution in [0.15, 0.2) is 0 Å². The van der Waals surface area contributed by atoms with Crippen LogP contribution < -0.4 is 6.15 Å². The molecule has 0 amide bonds. The van der Waals surface area contributed by atoms with Gasteiger partial charge in [0, 0.05) is 24.1 Å². The van der Waals surface area contributed by atoms with E-state index in [1.807, 2.05) is 13.8 Å². The third kappa shape index (κ3) is 20.3. The summed E-state index contributed by atoms with van der Waals surface area (Å²) in [5.74, 6) is 0.482. The summed E-state index contributed by atoms with van der Waals surface area (Å²) in [5.41, 5.74) is 0. The molecule has 0 bridgehead atoms.